The zero-order chi connectivity index (χ0) is 6.41. The molecule has 48 valence electrons. The van der Waals surface area contributed by atoms with E-state index < -0.39 is 0 Å². The average Bonchev–Trinajstić information content (AvgIpc) is 1.83. The van der Waals surface area contributed by atoms with Crippen molar-refractivity contribution in [2.24, 2.45) is 0 Å². The smallest absolute Gasteiger partial charge is 0.188 e. The monoisotopic (exact) mass is 152 g/mol. The standard InChI is InChI=1S/C5H9ClOS/c1-8-5(7)3-2-4-6/h2-4H2,1H3. The van der Waals surface area contributed by atoms with Crippen LogP contribution < -0.4 is 0 Å². The zero-order valence-electron chi connectivity index (χ0n) is 4.82. The molecule has 3 heteroatoms. The van der Waals surface area contributed by atoms with E-state index in [1.165, 1.54) is 11.8 Å². The summed E-state index contributed by atoms with van der Waals surface area (Å²) in [6, 6.07) is 0. The van der Waals surface area contributed by atoms with Gasteiger partial charge in [0.25, 0.3) is 0 Å². The van der Waals surface area contributed by atoms with Crippen LogP contribution in [-0.2, 0) is 4.79 Å². The molecule has 0 rings (SSSR count). The van der Waals surface area contributed by atoms with Gasteiger partial charge in [-0.1, -0.05) is 11.8 Å². The largest absolute Gasteiger partial charge is 0.287 e. The second-order valence-electron chi connectivity index (χ2n) is 1.37. The van der Waals surface area contributed by atoms with Gasteiger partial charge in [0.1, 0.15) is 0 Å². The molecule has 0 saturated heterocycles. The molecule has 0 fully saturated rings. The Balaban J connectivity index is 2.99. The summed E-state index contributed by atoms with van der Waals surface area (Å²) in [4.78, 5) is 10.5. The molecule has 0 aliphatic rings. The molecule has 0 saturated carbocycles. The van der Waals surface area contributed by atoms with Crippen LogP contribution in [0.1, 0.15) is 12.8 Å². The number of alkyl halides is 1. The Morgan fingerprint density at radius 1 is 1.75 bits per heavy atom. The molecule has 0 radical (unpaired) electrons. The van der Waals surface area contributed by atoms with Crippen LogP contribution in [0.15, 0.2) is 0 Å². The van der Waals surface area contributed by atoms with Crippen LogP contribution in [0, 0.1) is 0 Å². The second kappa shape index (κ2) is 5.45. The molecule has 0 heterocycles. The Kier molecular flexibility index (Phi) is 5.66. The van der Waals surface area contributed by atoms with E-state index in [0.29, 0.717) is 12.3 Å². The van der Waals surface area contributed by atoms with Crippen molar-refractivity contribution in [3.05, 3.63) is 0 Å². The van der Waals surface area contributed by atoms with Crippen molar-refractivity contribution in [3.8, 4) is 0 Å². The highest BCUT2D eigenvalue weighted by molar-refractivity contribution is 8.13. The fourth-order valence-electron chi connectivity index (χ4n) is 0.313. The van der Waals surface area contributed by atoms with Gasteiger partial charge in [0.05, 0.1) is 0 Å². The predicted molar refractivity (Wildman–Crippen MR) is 38.5 cm³/mol. The first-order valence-electron chi connectivity index (χ1n) is 2.44. The maximum atomic E-state index is 10.5. The summed E-state index contributed by atoms with van der Waals surface area (Å²) in [5, 5.41) is 0.227. The molecule has 1 nitrogen and oxygen atoms in total. The van der Waals surface area contributed by atoms with Crippen molar-refractivity contribution in [1.29, 1.82) is 0 Å². The topological polar surface area (TPSA) is 17.1 Å². The number of halogens is 1. The molecule has 0 atom stereocenters. The van der Waals surface area contributed by atoms with Crippen LogP contribution in [0.3, 0.4) is 0 Å². The first-order chi connectivity index (χ1) is 3.81. The summed E-state index contributed by atoms with van der Waals surface area (Å²) in [6.45, 7) is 0. The molecule has 0 N–H and O–H groups in total. The van der Waals surface area contributed by atoms with E-state index in [2.05, 4.69) is 0 Å². The van der Waals surface area contributed by atoms with Gasteiger partial charge in [-0.05, 0) is 12.7 Å². The van der Waals surface area contributed by atoms with E-state index >= 15 is 0 Å². The first-order valence-corrected chi connectivity index (χ1v) is 4.20. The van der Waals surface area contributed by atoms with Gasteiger partial charge >= 0.3 is 0 Å². The number of thioether (sulfide) groups is 1. The van der Waals surface area contributed by atoms with Gasteiger partial charge in [-0.3, -0.25) is 4.79 Å². The van der Waals surface area contributed by atoms with Crippen LogP contribution in [0.25, 0.3) is 0 Å². The minimum Gasteiger partial charge on any atom is -0.287 e. The van der Waals surface area contributed by atoms with E-state index in [1.54, 1.807) is 6.26 Å². The number of hydrogen-bond donors (Lipinski definition) is 0. The van der Waals surface area contributed by atoms with Crippen LogP contribution in [0.5, 0.6) is 0 Å². The van der Waals surface area contributed by atoms with E-state index in [9.17, 15) is 4.79 Å². The molecule has 0 spiro atoms. The molecular formula is C5H9ClOS. The molecular weight excluding hydrogens is 144 g/mol. The van der Waals surface area contributed by atoms with Gasteiger partial charge in [0.2, 0.25) is 0 Å². The molecule has 0 unspecified atom stereocenters. The molecule has 8 heavy (non-hydrogen) atoms. The summed E-state index contributed by atoms with van der Waals surface area (Å²) >= 11 is 6.61. The summed E-state index contributed by atoms with van der Waals surface area (Å²) < 4.78 is 0. The molecule has 0 aromatic carbocycles. The maximum absolute atomic E-state index is 10.5. The lowest BCUT2D eigenvalue weighted by Gasteiger charge is -1.89. The Labute approximate surface area is 58.8 Å². The van der Waals surface area contributed by atoms with E-state index in [4.69, 9.17) is 11.6 Å². The van der Waals surface area contributed by atoms with Crippen molar-refractivity contribution < 1.29 is 4.79 Å². The normalized spacial score (nSPS) is 9.25. The van der Waals surface area contributed by atoms with Gasteiger partial charge in [0, 0.05) is 12.3 Å². The fraction of sp³-hybridized carbons (Fsp3) is 0.800. The molecule has 0 aliphatic carbocycles. The minimum absolute atomic E-state index is 0.227. The molecule has 0 bridgehead atoms. The highest BCUT2D eigenvalue weighted by atomic mass is 35.5. The van der Waals surface area contributed by atoms with Gasteiger partial charge in [-0.15, -0.1) is 11.6 Å². The maximum Gasteiger partial charge on any atom is 0.188 e. The Morgan fingerprint density at radius 3 is 2.75 bits per heavy atom. The van der Waals surface area contributed by atoms with E-state index in [0.717, 1.165) is 6.42 Å². The number of hydrogen-bond acceptors (Lipinski definition) is 2. The van der Waals surface area contributed by atoms with Gasteiger partial charge in [-0.2, -0.15) is 0 Å². The van der Waals surface area contributed by atoms with Crippen LogP contribution >= 0.6 is 23.4 Å². The molecule has 0 aromatic rings. The van der Waals surface area contributed by atoms with Crippen molar-refractivity contribution >= 4 is 28.5 Å². The highest BCUT2D eigenvalue weighted by Gasteiger charge is 1.95. The van der Waals surface area contributed by atoms with Crippen LogP contribution in [0.4, 0.5) is 0 Å². The van der Waals surface area contributed by atoms with E-state index in [1.807, 2.05) is 0 Å². The highest BCUT2D eigenvalue weighted by Crippen LogP contribution is 2.02. The Morgan fingerprint density at radius 2 is 2.38 bits per heavy atom. The van der Waals surface area contributed by atoms with Crippen molar-refractivity contribution in [3.63, 3.8) is 0 Å². The quantitative estimate of drug-likeness (QED) is 0.575. The summed E-state index contributed by atoms with van der Waals surface area (Å²) in [5.41, 5.74) is 0. The van der Waals surface area contributed by atoms with Crippen molar-refractivity contribution in [2.75, 3.05) is 12.1 Å². The minimum atomic E-state index is 0.227. The summed E-state index contributed by atoms with van der Waals surface area (Å²) in [6.07, 6.45) is 3.21. The lowest BCUT2D eigenvalue weighted by atomic mass is 10.4. The fourth-order valence-corrected chi connectivity index (χ4v) is 0.795. The van der Waals surface area contributed by atoms with Gasteiger partial charge in [0.15, 0.2) is 5.12 Å². The summed E-state index contributed by atoms with van der Waals surface area (Å²) in [5.74, 6) is 0.590. The zero-order valence-corrected chi connectivity index (χ0v) is 6.39. The third-order valence-electron chi connectivity index (χ3n) is 0.742. The van der Waals surface area contributed by atoms with Crippen LogP contribution in [0.2, 0.25) is 0 Å². The van der Waals surface area contributed by atoms with E-state index in [-0.39, 0.29) is 5.12 Å². The Hall–Kier alpha value is 0.310. The second-order valence-corrected chi connectivity index (χ2v) is 2.61. The third-order valence-corrected chi connectivity index (χ3v) is 1.67. The van der Waals surface area contributed by atoms with Crippen molar-refractivity contribution in [1.82, 2.24) is 0 Å². The SMILES string of the molecule is CSC(=O)CCCCl. The first kappa shape index (κ1) is 8.31. The van der Waals surface area contributed by atoms with Crippen LogP contribution in [-0.4, -0.2) is 17.3 Å². The predicted octanol–water partition coefficient (Wildman–Crippen LogP) is 1.90. The number of carbonyl (C=O) groups excluding carboxylic acids is 1. The number of carbonyl (C=O) groups is 1. The van der Waals surface area contributed by atoms with Gasteiger partial charge in [-0.25, -0.2) is 0 Å². The summed E-state index contributed by atoms with van der Waals surface area (Å²) in [7, 11) is 0. The van der Waals surface area contributed by atoms with Crippen molar-refractivity contribution in [2.45, 2.75) is 12.8 Å². The third kappa shape index (κ3) is 4.47. The molecule has 0 amide bonds. The lowest BCUT2D eigenvalue weighted by Crippen LogP contribution is -1.89. The number of rotatable bonds is 3. The van der Waals surface area contributed by atoms with Gasteiger partial charge < -0.3 is 0 Å². The molecule has 0 aromatic heterocycles. The lowest BCUT2D eigenvalue weighted by molar-refractivity contribution is -0.110. The molecule has 0 aliphatic heterocycles. The Bertz CT molecular complexity index is 74.8. The average molecular weight is 153 g/mol.